The number of nitrogens with zero attached hydrogens (tertiary/aromatic N) is 4. The van der Waals surface area contributed by atoms with Crippen molar-refractivity contribution >= 4 is 92.7 Å². The van der Waals surface area contributed by atoms with Crippen molar-refractivity contribution in [2.24, 2.45) is 31.6 Å². The molecule has 4 aliphatic carbocycles. The summed E-state index contributed by atoms with van der Waals surface area (Å²) in [6, 6.07) is 39.9. The van der Waals surface area contributed by atoms with Gasteiger partial charge in [0.15, 0.2) is 0 Å². The van der Waals surface area contributed by atoms with Gasteiger partial charge < -0.3 is 30.8 Å². The first-order valence-electron chi connectivity index (χ1n) is 32.4. The van der Waals surface area contributed by atoms with Gasteiger partial charge in [0.2, 0.25) is 11.8 Å². The summed E-state index contributed by atoms with van der Waals surface area (Å²) < 4.78 is 0. The molecule has 5 heterocycles. The Morgan fingerprint density at radius 3 is 1.07 bits per heavy atom. The summed E-state index contributed by atoms with van der Waals surface area (Å²) >= 11 is 0. The van der Waals surface area contributed by atoms with E-state index in [0.717, 1.165) is 189 Å². The van der Waals surface area contributed by atoms with Crippen LogP contribution >= 0.6 is 0 Å². The SMILES string of the molecule is CC1(C(=O)Nc2ccccc2-c2c3nc(c(-c4ccccc4N=C([O-])C4(C)CCCCC4)c4ccc([nH]4)c(-c4ccccc4N=C([O-])C4(C)CCCCC4)c4ccc([nH]4)c(-c4ccccc4NC(=O)C4(C)CCCCC4)c4nc2C=C4)C=C3)CCCCC1.[Cu+2]. The first-order chi connectivity index (χ1) is 42.7. The molecule has 12 nitrogen and oxygen atoms in total. The fraction of sp³-hybridized carbons (Fsp3) is 0.368. The van der Waals surface area contributed by atoms with Crippen molar-refractivity contribution < 1.29 is 36.9 Å². The molecule has 4 aromatic carbocycles. The van der Waals surface area contributed by atoms with Gasteiger partial charge in [-0.1, -0.05) is 178 Å². The molecule has 0 unspecified atom stereocenters. The average molecular weight is 1230 g/mol. The molecule has 4 N–H and O–H groups in total. The summed E-state index contributed by atoms with van der Waals surface area (Å²) in [7, 11) is 0. The van der Waals surface area contributed by atoms with Gasteiger partial charge in [-0.3, -0.25) is 19.6 Å². The predicted molar refractivity (Wildman–Crippen MR) is 357 cm³/mol. The van der Waals surface area contributed by atoms with Crippen molar-refractivity contribution in [3.63, 3.8) is 0 Å². The number of hydrogen-bond donors (Lipinski definition) is 4. The number of fused-ring (bicyclic) bond motifs is 8. The van der Waals surface area contributed by atoms with Crippen LogP contribution in [0.2, 0.25) is 0 Å². The molecular formula is C76H80CuN8O4. The number of carbonyl (C=O) groups is 2. The maximum atomic E-state index is 14.6. The average Bonchev–Trinajstić information content (AvgIpc) is 1.90. The largest absolute Gasteiger partial charge is 2.00 e. The number of rotatable bonds is 12. The molecule has 4 saturated carbocycles. The number of aliphatic imine (C=N–C) groups is 2. The fourth-order valence-electron chi connectivity index (χ4n) is 14.8. The molecule has 1 radical (unpaired) electrons. The summed E-state index contributed by atoms with van der Waals surface area (Å²) in [5.74, 6) is -0.250. The minimum absolute atomic E-state index is 0. The van der Waals surface area contributed by atoms with E-state index in [0.29, 0.717) is 51.1 Å². The van der Waals surface area contributed by atoms with Gasteiger partial charge in [-0.05, 0) is 147 Å². The van der Waals surface area contributed by atoms with Crippen LogP contribution in [0.3, 0.4) is 0 Å². The molecule has 2 aliphatic heterocycles. The zero-order valence-corrected chi connectivity index (χ0v) is 52.7. The monoisotopic (exact) mass is 1230 g/mol. The number of amides is 2. The standard InChI is InChI=1S/C76H82N8O4.Cu/c1-73(41-17-5-18-42-73)69(85)81-53-29-13-9-25-49(53)65-57-33-35-59(77-57)66(50-26-10-14-30-54(50)82-70(86)74(2)43-19-6-20-44-74)61-37-39-63(79-61)68(52-28-12-16-32-56(52)84-72(88)76(4)47-23-8-24-48-76)64-40-38-62(80-64)67(60-36-34-58(65)78-60)51-27-11-15-31-55(51)83-71(87)75(3)45-21-7-22-46-75;/h9-16,25-40,77-78H,5-8,17-24,41-48H2,1-4H3,(H,81,85)(H,82,86)(H,83,87)(H,84,88);/q;+2/p-2. The molecule has 8 bridgehead atoms. The summed E-state index contributed by atoms with van der Waals surface area (Å²) in [6.07, 6.45) is 27.0. The molecule has 7 aromatic rings. The van der Waals surface area contributed by atoms with E-state index in [9.17, 15) is 19.8 Å². The number of anilines is 2. The van der Waals surface area contributed by atoms with Crippen LogP contribution in [0.5, 0.6) is 0 Å². The molecule has 0 spiro atoms. The van der Waals surface area contributed by atoms with E-state index in [-0.39, 0.29) is 40.7 Å². The predicted octanol–water partition coefficient (Wildman–Crippen LogP) is 17.9. The quantitative estimate of drug-likeness (QED) is 0.0535. The third-order valence-corrected chi connectivity index (χ3v) is 20.4. The van der Waals surface area contributed by atoms with Gasteiger partial charge in [0.05, 0.1) is 34.2 Å². The Morgan fingerprint density at radius 1 is 0.382 bits per heavy atom. The number of aromatic amines is 2. The van der Waals surface area contributed by atoms with Crippen molar-refractivity contribution in [1.82, 2.24) is 19.9 Å². The normalized spacial score (nSPS) is 18.6. The molecule has 4 fully saturated rings. The Bertz CT molecular complexity index is 4160. The van der Waals surface area contributed by atoms with Gasteiger partial charge in [0, 0.05) is 88.8 Å². The van der Waals surface area contributed by atoms with Crippen LogP contribution < -0.4 is 20.8 Å². The molecule has 2 amide bonds. The molecule has 0 atom stereocenters. The second-order valence-electron chi connectivity index (χ2n) is 26.9. The van der Waals surface area contributed by atoms with E-state index < -0.39 is 21.7 Å². The zero-order valence-electron chi connectivity index (χ0n) is 51.7. The van der Waals surface area contributed by atoms with Gasteiger partial charge in [-0.25, -0.2) is 9.97 Å². The van der Waals surface area contributed by atoms with Crippen LogP contribution in [0.1, 0.15) is 179 Å². The van der Waals surface area contributed by atoms with Crippen molar-refractivity contribution in [3.8, 4) is 44.5 Å². The third-order valence-electron chi connectivity index (χ3n) is 20.4. The van der Waals surface area contributed by atoms with E-state index in [1.165, 1.54) is 0 Å². The first-order valence-corrected chi connectivity index (χ1v) is 32.4. The molecule has 89 heavy (non-hydrogen) atoms. The summed E-state index contributed by atoms with van der Waals surface area (Å²) in [6.45, 7) is 8.30. The first kappa shape index (κ1) is 61.1. The van der Waals surface area contributed by atoms with E-state index in [2.05, 4.69) is 72.6 Å². The Morgan fingerprint density at radius 2 is 0.674 bits per heavy atom. The van der Waals surface area contributed by atoms with Crippen LogP contribution in [-0.2, 0) is 26.7 Å². The van der Waals surface area contributed by atoms with Crippen molar-refractivity contribution in [1.29, 1.82) is 0 Å². The van der Waals surface area contributed by atoms with Crippen LogP contribution in [0.4, 0.5) is 22.7 Å². The second kappa shape index (κ2) is 25.4. The number of hydrogen-bond acceptors (Lipinski definition) is 8. The molecular weight excluding hydrogens is 1150 g/mol. The van der Waals surface area contributed by atoms with E-state index in [1.807, 2.05) is 121 Å². The van der Waals surface area contributed by atoms with Crippen molar-refractivity contribution in [2.75, 3.05) is 10.6 Å². The molecule has 13 rings (SSSR count). The number of nitrogens with one attached hydrogen (secondary N) is 4. The van der Waals surface area contributed by atoms with Gasteiger partial charge in [0.25, 0.3) is 0 Å². The van der Waals surface area contributed by atoms with Crippen molar-refractivity contribution in [2.45, 2.75) is 156 Å². The van der Waals surface area contributed by atoms with E-state index >= 15 is 0 Å². The summed E-state index contributed by atoms with van der Waals surface area (Å²) in [5.41, 5.74) is 11.7. The molecule has 13 heteroatoms. The number of benzene rings is 4. The Hall–Kier alpha value is -8.12. The molecule has 6 aliphatic rings. The Balaban J connectivity index is 0.00000769. The van der Waals surface area contributed by atoms with Gasteiger partial charge in [-0.2, -0.15) is 0 Å². The van der Waals surface area contributed by atoms with Crippen LogP contribution in [0.25, 0.3) is 90.9 Å². The number of H-pyrrole nitrogens is 2. The summed E-state index contributed by atoms with van der Waals surface area (Å²) in [5, 5.41) is 36.0. The second-order valence-corrected chi connectivity index (χ2v) is 26.9. The van der Waals surface area contributed by atoms with Gasteiger partial charge in [0.1, 0.15) is 0 Å². The minimum Gasteiger partial charge on any atom is -0.861 e. The zero-order chi connectivity index (χ0) is 60.6. The van der Waals surface area contributed by atoms with Crippen LogP contribution in [-0.4, -0.2) is 43.5 Å². The Labute approximate surface area is 533 Å². The van der Waals surface area contributed by atoms with E-state index in [4.69, 9.17) is 20.0 Å². The topological polar surface area (TPSA) is 186 Å². The maximum absolute atomic E-state index is 14.6. The minimum atomic E-state index is -0.568. The number of para-hydroxylation sites is 4. The third kappa shape index (κ3) is 12.1. The maximum Gasteiger partial charge on any atom is 2.00 e. The Kier molecular flexibility index (Phi) is 17.4. The van der Waals surface area contributed by atoms with Gasteiger partial charge >= 0.3 is 17.1 Å². The van der Waals surface area contributed by atoms with Crippen molar-refractivity contribution in [3.05, 3.63) is 144 Å². The molecule has 459 valence electrons. The number of carbonyl (C=O) groups excluding carboxylic acids is 2. The van der Waals surface area contributed by atoms with Crippen LogP contribution in [0, 0.1) is 21.7 Å². The smallest absolute Gasteiger partial charge is 0.861 e. The van der Waals surface area contributed by atoms with Gasteiger partial charge in [-0.15, -0.1) is 0 Å². The number of aromatic nitrogens is 4. The summed E-state index contributed by atoms with van der Waals surface area (Å²) in [4.78, 5) is 58.3. The van der Waals surface area contributed by atoms with E-state index in [1.54, 1.807) is 0 Å². The van der Waals surface area contributed by atoms with Crippen LogP contribution in [0.15, 0.2) is 131 Å². The fourth-order valence-corrected chi connectivity index (χ4v) is 14.8. The molecule has 3 aromatic heterocycles. The molecule has 0 saturated heterocycles.